The number of aryl methyl sites for hydroxylation is 1. The molecule has 1 atom stereocenters. The molecule has 0 saturated carbocycles. The zero-order valence-electron chi connectivity index (χ0n) is 15.7. The number of rotatable bonds is 7. The van der Waals surface area contributed by atoms with E-state index in [9.17, 15) is 14.7 Å². The number of amides is 1. The first-order valence-corrected chi connectivity index (χ1v) is 9.92. The van der Waals surface area contributed by atoms with Crippen molar-refractivity contribution in [2.45, 2.75) is 51.5 Å². The van der Waals surface area contributed by atoms with Gasteiger partial charge in [0.05, 0.1) is 0 Å². The van der Waals surface area contributed by atoms with Crippen molar-refractivity contribution in [3.63, 3.8) is 0 Å². The van der Waals surface area contributed by atoms with Crippen LogP contribution in [0.3, 0.4) is 0 Å². The predicted octanol–water partition coefficient (Wildman–Crippen LogP) is 3.10. The molecule has 5 heteroatoms. The van der Waals surface area contributed by atoms with E-state index in [1.165, 1.54) is 0 Å². The lowest BCUT2D eigenvalue weighted by atomic mass is 9.90. The van der Waals surface area contributed by atoms with Crippen molar-refractivity contribution in [1.29, 1.82) is 0 Å². The summed E-state index contributed by atoms with van der Waals surface area (Å²) in [6, 6.07) is 7.36. The van der Waals surface area contributed by atoms with Gasteiger partial charge in [0.15, 0.2) is 0 Å². The smallest absolute Gasteiger partial charge is 0.325 e. The molecule has 2 fully saturated rings. The number of carboxylic acid groups (broad SMARTS) is 1. The van der Waals surface area contributed by atoms with E-state index in [-0.39, 0.29) is 0 Å². The van der Waals surface area contributed by atoms with E-state index >= 15 is 0 Å². The van der Waals surface area contributed by atoms with E-state index in [0.29, 0.717) is 18.2 Å². The first kappa shape index (κ1) is 18.9. The molecule has 0 bridgehead atoms. The van der Waals surface area contributed by atoms with Gasteiger partial charge in [0, 0.05) is 19.5 Å². The Bertz CT molecular complexity index is 638. The molecule has 0 aliphatic carbocycles. The number of piperidine rings is 1. The quantitative estimate of drug-likeness (QED) is 0.814. The summed E-state index contributed by atoms with van der Waals surface area (Å²) in [5.74, 6) is 0.132. The highest BCUT2D eigenvalue weighted by Gasteiger charge is 2.32. The van der Waals surface area contributed by atoms with Crippen molar-refractivity contribution in [3.05, 3.63) is 35.4 Å². The number of nitrogens with zero attached hydrogens (tertiary/aromatic N) is 2. The zero-order chi connectivity index (χ0) is 18.5. The van der Waals surface area contributed by atoms with E-state index in [0.717, 1.165) is 69.4 Å². The van der Waals surface area contributed by atoms with Crippen LogP contribution in [0.4, 0.5) is 0 Å². The van der Waals surface area contributed by atoms with Gasteiger partial charge in [-0.25, -0.2) is 0 Å². The van der Waals surface area contributed by atoms with Gasteiger partial charge >= 0.3 is 5.97 Å². The first-order valence-electron chi connectivity index (χ1n) is 9.92. The maximum absolute atomic E-state index is 12.0. The van der Waals surface area contributed by atoms with Crippen LogP contribution in [-0.4, -0.2) is 53.0 Å². The topological polar surface area (TPSA) is 60.9 Å². The second kappa shape index (κ2) is 8.67. The Labute approximate surface area is 156 Å². The fraction of sp³-hybridized carbons (Fsp3) is 0.619. The summed E-state index contributed by atoms with van der Waals surface area (Å²) in [6.07, 6.45) is 5.62. The average molecular weight is 358 g/mol. The Morgan fingerprint density at radius 2 is 1.96 bits per heavy atom. The van der Waals surface area contributed by atoms with Crippen LogP contribution in [0.5, 0.6) is 0 Å². The van der Waals surface area contributed by atoms with Crippen LogP contribution >= 0.6 is 0 Å². The second-order valence-corrected chi connectivity index (χ2v) is 7.55. The minimum atomic E-state index is -0.757. The largest absolute Gasteiger partial charge is 0.480 e. The molecular weight excluding hydrogens is 328 g/mol. The maximum Gasteiger partial charge on any atom is 0.325 e. The van der Waals surface area contributed by atoms with E-state index in [1.807, 2.05) is 29.2 Å². The van der Waals surface area contributed by atoms with Gasteiger partial charge in [-0.05, 0) is 62.2 Å². The molecule has 26 heavy (non-hydrogen) atoms. The van der Waals surface area contributed by atoms with Crippen LogP contribution in [0.1, 0.15) is 56.2 Å². The maximum atomic E-state index is 12.0. The van der Waals surface area contributed by atoms with Crippen molar-refractivity contribution in [2.75, 3.05) is 26.2 Å². The minimum absolute atomic E-state index is 0.296. The number of likely N-dealkylation sites (tertiary alicyclic amines) is 2. The molecule has 0 radical (unpaired) electrons. The van der Waals surface area contributed by atoms with Gasteiger partial charge in [0.1, 0.15) is 6.04 Å². The Morgan fingerprint density at radius 3 is 2.58 bits per heavy atom. The van der Waals surface area contributed by atoms with Crippen molar-refractivity contribution in [2.24, 2.45) is 5.92 Å². The van der Waals surface area contributed by atoms with Crippen LogP contribution in [0.15, 0.2) is 24.3 Å². The van der Waals surface area contributed by atoms with Crippen LogP contribution < -0.4 is 0 Å². The average Bonchev–Trinajstić information content (AvgIpc) is 3.06. The van der Waals surface area contributed by atoms with Crippen molar-refractivity contribution < 1.29 is 14.7 Å². The van der Waals surface area contributed by atoms with Crippen LogP contribution in [0, 0.1) is 5.92 Å². The molecule has 1 N–H and O–H groups in total. The third-order valence-electron chi connectivity index (χ3n) is 5.96. The molecule has 0 aromatic heterocycles. The van der Waals surface area contributed by atoms with Gasteiger partial charge in [-0.3, -0.25) is 14.5 Å². The fourth-order valence-electron chi connectivity index (χ4n) is 4.39. The summed E-state index contributed by atoms with van der Waals surface area (Å²) in [6.45, 7) is 5.47. The minimum Gasteiger partial charge on any atom is -0.480 e. The highest BCUT2D eigenvalue weighted by Crippen LogP contribution is 2.31. The number of aliphatic carboxylic acids is 1. The van der Waals surface area contributed by atoms with Crippen molar-refractivity contribution >= 4 is 11.9 Å². The lowest BCUT2D eigenvalue weighted by Crippen LogP contribution is -2.41. The van der Waals surface area contributed by atoms with Gasteiger partial charge in [0.25, 0.3) is 0 Å². The SMILES string of the molecule is CCc1ccccc1C(C(=O)O)N1CCC(CCN2CCCC2=O)CC1. The van der Waals surface area contributed by atoms with Crippen LogP contribution in [0.2, 0.25) is 0 Å². The predicted molar refractivity (Wildman–Crippen MR) is 101 cm³/mol. The number of carbonyl (C=O) groups excluding carboxylic acids is 1. The Hall–Kier alpha value is -1.88. The zero-order valence-corrected chi connectivity index (χ0v) is 15.7. The monoisotopic (exact) mass is 358 g/mol. The highest BCUT2D eigenvalue weighted by molar-refractivity contribution is 5.78. The molecule has 1 aromatic rings. The summed E-state index contributed by atoms with van der Waals surface area (Å²) < 4.78 is 0. The molecule has 5 nitrogen and oxygen atoms in total. The summed E-state index contributed by atoms with van der Waals surface area (Å²) in [5, 5.41) is 9.86. The molecular formula is C21H30N2O3. The normalized spacial score (nSPS) is 20.5. The molecule has 142 valence electrons. The molecule has 0 spiro atoms. The number of hydrogen-bond donors (Lipinski definition) is 1. The number of carbonyl (C=O) groups is 2. The number of carboxylic acids is 1. The summed E-state index contributed by atoms with van der Waals surface area (Å²) in [5.41, 5.74) is 2.05. The molecule has 1 amide bonds. The van der Waals surface area contributed by atoms with Gasteiger partial charge in [-0.15, -0.1) is 0 Å². The van der Waals surface area contributed by atoms with E-state index in [4.69, 9.17) is 0 Å². The Morgan fingerprint density at radius 1 is 1.23 bits per heavy atom. The third kappa shape index (κ3) is 4.26. The molecule has 2 aliphatic heterocycles. The number of hydrogen-bond acceptors (Lipinski definition) is 3. The summed E-state index contributed by atoms with van der Waals surface area (Å²) in [4.78, 5) is 27.8. The highest BCUT2D eigenvalue weighted by atomic mass is 16.4. The van der Waals surface area contributed by atoms with Crippen LogP contribution in [0.25, 0.3) is 0 Å². The number of benzene rings is 1. The first-order chi connectivity index (χ1) is 12.6. The van der Waals surface area contributed by atoms with E-state index in [1.54, 1.807) is 0 Å². The molecule has 2 heterocycles. The molecule has 2 saturated heterocycles. The standard InChI is InChI=1S/C21H30N2O3/c1-2-17-6-3-4-7-18(17)20(21(25)26)23-14-10-16(11-15-23)9-13-22-12-5-8-19(22)24/h3-4,6-7,16,20H,2,5,8-15H2,1H3,(H,25,26). The van der Waals surface area contributed by atoms with Crippen molar-refractivity contribution in [1.82, 2.24) is 9.80 Å². The molecule has 1 unspecified atom stereocenters. The lowest BCUT2D eigenvalue weighted by molar-refractivity contribution is -0.144. The second-order valence-electron chi connectivity index (χ2n) is 7.55. The molecule has 3 rings (SSSR count). The van der Waals surface area contributed by atoms with Gasteiger partial charge in [-0.1, -0.05) is 31.2 Å². The fourth-order valence-corrected chi connectivity index (χ4v) is 4.39. The third-order valence-corrected chi connectivity index (χ3v) is 5.96. The van der Waals surface area contributed by atoms with Gasteiger partial charge in [0.2, 0.25) is 5.91 Å². The summed E-state index contributed by atoms with van der Waals surface area (Å²) in [7, 11) is 0. The summed E-state index contributed by atoms with van der Waals surface area (Å²) >= 11 is 0. The Balaban J connectivity index is 1.58. The molecule has 2 aliphatic rings. The lowest BCUT2D eigenvalue weighted by Gasteiger charge is -2.36. The van der Waals surface area contributed by atoms with Crippen molar-refractivity contribution in [3.8, 4) is 0 Å². The van der Waals surface area contributed by atoms with Gasteiger partial charge in [-0.2, -0.15) is 0 Å². The molecule has 1 aromatic carbocycles. The van der Waals surface area contributed by atoms with E-state index < -0.39 is 12.0 Å². The van der Waals surface area contributed by atoms with Gasteiger partial charge < -0.3 is 10.0 Å². The Kier molecular flexibility index (Phi) is 6.30. The van der Waals surface area contributed by atoms with Crippen LogP contribution in [-0.2, 0) is 16.0 Å². The van der Waals surface area contributed by atoms with E-state index in [2.05, 4.69) is 11.8 Å².